The average molecular weight is 339 g/mol. The van der Waals surface area contributed by atoms with Crippen LogP contribution in [0.15, 0.2) is 36.4 Å². The Labute approximate surface area is 136 Å². The van der Waals surface area contributed by atoms with Crippen molar-refractivity contribution in [2.45, 2.75) is 12.8 Å². The molecule has 0 fully saturated rings. The maximum atomic E-state index is 13.1. The molecule has 0 unspecified atom stereocenters. The molecule has 4 nitrogen and oxygen atoms in total. The van der Waals surface area contributed by atoms with E-state index in [0.717, 1.165) is 24.3 Å². The number of hydrogen-bond donors (Lipinski definition) is 2. The van der Waals surface area contributed by atoms with Crippen LogP contribution < -0.4 is 10.1 Å². The summed E-state index contributed by atoms with van der Waals surface area (Å²) in [7, 11) is 0. The molecule has 0 aliphatic carbocycles. The van der Waals surface area contributed by atoms with E-state index >= 15 is 0 Å². The van der Waals surface area contributed by atoms with Gasteiger partial charge in [-0.1, -0.05) is 6.07 Å². The maximum absolute atomic E-state index is 13.1. The molecule has 0 aliphatic rings. The first-order chi connectivity index (χ1) is 11.5. The fourth-order valence-corrected chi connectivity index (χ4v) is 1.99. The van der Waals surface area contributed by atoms with Crippen molar-refractivity contribution < 1.29 is 27.8 Å². The highest BCUT2D eigenvalue weighted by atomic mass is 19.2. The van der Waals surface area contributed by atoms with Crippen molar-refractivity contribution in [1.82, 2.24) is 5.32 Å². The van der Waals surface area contributed by atoms with Crippen LogP contribution in [0.5, 0.6) is 11.5 Å². The van der Waals surface area contributed by atoms with Gasteiger partial charge in [0.1, 0.15) is 5.75 Å². The number of aromatic hydroxyl groups is 1. The van der Waals surface area contributed by atoms with Crippen molar-refractivity contribution in [3.05, 3.63) is 59.4 Å². The number of benzene rings is 2. The Bertz CT molecular complexity index is 722. The Morgan fingerprint density at radius 1 is 1.04 bits per heavy atom. The van der Waals surface area contributed by atoms with Crippen LogP contribution in [0.25, 0.3) is 0 Å². The molecular weight excluding hydrogens is 323 g/mol. The molecule has 2 aromatic carbocycles. The molecule has 1 amide bonds. The predicted octanol–water partition coefficient (Wildman–Crippen LogP) is 2.94. The Morgan fingerprint density at radius 3 is 2.54 bits per heavy atom. The minimum atomic E-state index is -0.897. The average Bonchev–Trinajstić information content (AvgIpc) is 2.56. The summed E-state index contributed by atoms with van der Waals surface area (Å²) in [5.41, 5.74) is 0.638. The van der Waals surface area contributed by atoms with E-state index in [1.807, 2.05) is 0 Å². The lowest BCUT2D eigenvalue weighted by molar-refractivity contribution is -0.123. The number of phenols is 1. The monoisotopic (exact) mass is 339 g/mol. The molecule has 0 radical (unpaired) electrons. The smallest absolute Gasteiger partial charge is 0.257 e. The van der Waals surface area contributed by atoms with Crippen LogP contribution in [0.1, 0.15) is 12.0 Å². The van der Waals surface area contributed by atoms with Crippen LogP contribution in [0.2, 0.25) is 0 Å². The second-order valence-corrected chi connectivity index (χ2v) is 5.10. The number of ether oxygens (including phenoxy) is 1. The molecule has 0 aromatic heterocycles. The normalized spacial score (nSPS) is 10.5. The minimum absolute atomic E-state index is 0.127. The first kappa shape index (κ1) is 17.7. The summed E-state index contributed by atoms with van der Waals surface area (Å²) in [6.07, 6.45) is 1.03. The Hall–Kier alpha value is -2.70. The van der Waals surface area contributed by atoms with Gasteiger partial charge in [0.05, 0.1) is 0 Å². The highest BCUT2D eigenvalue weighted by molar-refractivity contribution is 5.77. The number of hydrogen-bond acceptors (Lipinski definition) is 3. The van der Waals surface area contributed by atoms with Crippen molar-refractivity contribution in [1.29, 1.82) is 0 Å². The van der Waals surface area contributed by atoms with E-state index in [-0.39, 0.29) is 12.4 Å². The first-order valence-corrected chi connectivity index (χ1v) is 7.27. The molecule has 128 valence electrons. The van der Waals surface area contributed by atoms with Crippen LogP contribution in [0.4, 0.5) is 13.2 Å². The van der Waals surface area contributed by atoms with Crippen molar-refractivity contribution in [3.63, 3.8) is 0 Å². The first-order valence-electron chi connectivity index (χ1n) is 7.27. The molecule has 0 saturated carbocycles. The molecule has 2 N–H and O–H groups in total. The number of phenolic OH excluding ortho intramolecular Hbond substituents is 1. The number of nitrogens with one attached hydrogen (secondary N) is 1. The number of amides is 1. The molecule has 7 heteroatoms. The summed E-state index contributed by atoms with van der Waals surface area (Å²) in [5.74, 6) is -3.39. The largest absolute Gasteiger partial charge is 0.505 e. The third-order valence-electron chi connectivity index (χ3n) is 3.24. The maximum Gasteiger partial charge on any atom is 0.257 e. The van der Waals surface area contributed by atoms with Crippen LogP contribution in [-0.2, 0) is 11.2 Å². The van der Waals surface area contributed by atoms with E-state index in [9.17, 15) is 18.0 Å². The summed E-state index contributed by atoms with van der Waals surface area (Å²) < 4.78 is 44.0. The van der Waals surface area contributed by atoms with Crippen molar-refractivity contribution in [2.75, 3.05) is 13.2 Å². The summed E-state index contributed by atoms with van der Waals surface area (Å²) in [4.78, 5) is 11.6. The standard InChI is InChI=1S/C17H16F3NO3/c18-13-5-3-11(8-14(13)19)2-1-7-21-17(23)10-24-12-4-6-16(22)15(20)9-12/h3-6,8-9,22H,1-2,7,10H2,(H,21,23). The van der Waals surface area contributed by atoms with E-state index < -0.39 is 29.1 Å². The molecular formula is C17H16F3NO3. The van der Waals surface area contributed by atoms with Gasteiger partial charge in [-0.15, -0.1) is 0 Å². The Morgan fingerprint density at radius 2 is 1.83 bits per heavy atom. The lowest BCUT2D eigenvalue weighted by Gasteiger charge is -2.08. The zero-order valence-corrected chi connectivity index (χ0v) is 12.7. The second-order valence-electron chi connectivity index (χ2n) is 5.10. The third kappa shape index (κ3) is 5.19. The molecule has 2 aromatic rings. The van der Waals surface area contributed by atoms with Gasteiger partial charge in [-0.05, 0) is 42.7 Å². The van der Waals surface area contributed by atoms with Crippen LogP contribution in [0.3, 0.4) is 0 Å². The molecule has 0 spiro atoms. The highest BCUT2D eigenvalue weighted by Gasteiger charge is 2.06. The van der Waals surface area contributed by atoms with Crippen LogP contribution in [0, 0.1) is 17.5 Å². The van der Waals surface area contributed by atoms with Gasteiger partial charge in [-0.2, -0.15) is 0 Å². The number of carbonyl (C=O) groups excluding carboxylic acids is 1. The van der Waals surface area contributed by atoms with Gasteiger partial charge in [-0.3, -0.25) is 4.79 Å². The SMILES string of the molecule is O=C(COc1ccc(O)c(F)c1)NCCCc1ccc(F)c(F)c1. The number of aryl methyl sites for hydroxylation is 1. The van der Waals surface area contributed by atoms with Gasteiger partial charge in [0.15, 0.2) is 29.8 Å². The van der Waals surface area contributed by atoms with Crippen molar-refractivity contribution in [3.8, 4) is 11.5 Å². The fourth-order valence-electron chi connectivity index (χ4n) is 1.99. The van der Waals surface area contributed by atoms with Gasteiger partial charge in [0.2, 0.25) is 0 Å². The summed E-state index contributed by atoms with van der Waals surface area (Å²) >= 11 is 0. The molecule has 0 atom stereocenters. The van der Waals surface area contributed by atoms with Gasteiger partial charge in [0.25, 0.3) is 5.91 Å². The molecule has 0 aliphatic heterocycles. The van der Waals surface area contributed by atoms with E-state index in [2.05, 4.69) is 5.32 Å². The molecule has 0 saturated heterocycles. The predicted molar refractivity (Wildman–Crippen MR) is 81.2 cm³/mol. The van der Waals surface area contributed by atoms with E-state index in [1.165, 1.54) is 12.1 Å². The zero-order chi connectivity index (χ0) is 17.5. The minimum Gasteiger partial charge on any atom is -0.505 e. The lowest BCUT2D eigenvalue weighted by atomic mass is 10.1. The zero-order valence-electron chi connectivity index (χ0n) is 12.7. The molecule has 2 rings (SSSR count). The Balaban J connectivity index is 1.67. The lowest BCUT2D eigenvalue weighted by Crippen LogP contribution is -2.29. The van der Waals surface area contributed by atoms with Crippen LogP contribution in [-0.4, -0.2) is 24.2 Å². The van der Waals surface area contributed by atoms with Gasteiger partial charge >= 0.3 is 0 Å². The second kappa shape index (κ2) is 8.24. The molecule has 0 heterocycles. The quantitative estimate of drug-likeness (QED) is 0.763. The number of halogens is 3. The third-order valence-corrected chi connectivity index (χ3v) is 3.24. The van der Waals surface area contributed by atoms with Gasteiger partial charge in [-0.25, -0.2) is 13.2 Å². The fraction of sp³-hybridized carbons (Fsp3) is 0.235. The van der Waals surface area contributed by atoms with E-state index in [0.29, 0.717) is 24.9 Å². The summed E-state index contributed by atoms with van der Waals surface area (Å²) in [6.45, 7) is 0.0422. The summed E-state index contributed by atoms with van der Waals surface area (Å²) in [5, 5.41) is 11.6. The van der Waals surface area contributed by atoms with Crippen LogP contribution >= 0.6 is 0 Å². The number of carbonyl (C=O) groups is 1. The Kier molecular flexibility index (Phi) is 6.06. The van der Waals surface area contributed by atoms with E-state index in [4.69, 9.17) is 9.84 Å². The number of rotatable bonds is 7. The van der Waals surface area contributed by atoms with Gasteiger partial charge < -0.3 is 15.2 Å². The van der Waals surface area contributed by atoms with E-state index in [1.54, 1.807) is 0 Å². The van der Waals surface area contributed by atoms with Crippen molar-refractivity contribution >= 4 is 5.91 Å². The van der Waals surface area contributed by atoms with Crippen molar-refractivity contribution in [2.24, 2.45) is 0 Å². The summed E-state index contributed by atoms with van der Waals surface area (Å²) in [6, 6.07) is 7.13. The highest BCUT2D eigenvalue weighted by Crippen LogP contribution is 2.20. The topological polar surface area (TPSA) is 58.6 Å². The van der Waals surface area contributed by atoms with Gasteiger partial charge in [0, 0.05) is 12.6 Å². The molecule has 0 bridgehead atoms. The molecule has 24 heavy (non-hydrogen) atoms.